The largest absolute Gasteiger partial charge is 0.466 e. The van der Waals surface area contributed by atoms with Crippen LogP contribution in [0.15, 0.2) is 30.3 Å². The van der Waals surface area contributed by atoms with E-state index in [9.17, 15) is 14.4 Å². The Bertz CT molecular complexity index is 707. The number of hydrogen-bond acceptors (Lipinski definition) is 6. The monoisotopic (exact) mass is 448 g/mol. The zero-order chi connectivity index (χ0) is 24.1. The molecule has 6 heteroatoms. The van der Waals surface area contributed by atoms with Crippen LogP contribution in [-0.4, -0.2) is 30.1 Å². The molecule has 3 unspecified atom stereocenters. The van der Waals surface area contributed by atoms with Crippen molar-refractivity contribution in [3.63, 3.8) is 0 Å². The minimum Gasteiger partial charge on any atom is -0.466 e. The molecule has 0 saturated heterocycles. The smallest absolute Gasteiger partial charge is 0.309 e. The van der Waals surface area contributed by atoms with Crippen LogP contribution < -0.4 is 0 Å². The van der Waals surface area contributed by atoms with E-state index >= 15 is 0 Å². The molecule has 1 aromatic carbocycles. The van der Waals surface area contributed by atoms with E-state index in [0.29, 0.717) is 25.7 Å². The van der Waals surface area contributed by atoms with E-state index in [0.717, 1.165) is 12.0 Å². The molecule has 0 fully saturated rings. The fraction of sp³-hybridized carbons (Fsp3) is 0.654. The molecule has 180 valence electrons. The third kappa shape index (κ3) is 10.3. The molecule has 0 bridgehead atoms. The molecular formula is C26H40O6. The van der Waals surface area contributed by atoms with Gasteiger partial charge in [-0.2, -0.15) is 0 Å². The van der Waals surface area contributed by atoms with Gasteiger partial charge in [0.2, 0.25) is 0 Å². The van der Waals surface area contributed by atoms with Gasteiger partial charge in [-0.15, -0.1) is 0 Å². The van der Waals surface area contributed by atoms with Gasteiger partial charge < -0.3 is 14.2 Å². The van der Waals surface area contributed by atoms with Crippen molar-refractivity contribution in [2.75, 3.05) is 6.61 Å². The Morgan fingerprint density at radius 1 is 0.875 bits per heavy atom. The van der Waals surface area contributed by atoms with Crippen molar-refractivity contribution in [1.29, 1.82) is 0 Å². The molecule has 32 heavy (non-hydrogen) atoms. The van der Waals surface area contributed by atoms with Gasteiger partial charge in [0.05, 0.1) is 24.4 Å². The third-order valence-electron chi connectivity index (χ3n) is 5.34. The van der Waals surface area contributed by atoms with Crippen molar-refractivity contribution >= 4 is 17.9 Å². The van der Waals surface area contributed by atoms with Crippen LogP contribution in [0.4, 0.5) is 0 Å². The molecule has 0 radical (unpaired) electrons. The summed E-state index contributed by atoms with van der Waals surface area (Å²) in [4.78, 5) is 37.4. The number of benzene rings is 1. The molecule has 3 atom stereocenters. The van der Waals surface area contributed by atoms with Crippen LogP contribution in [0.2, 0.25) is 0 Å². The molecule has 0 N–H and O–H groups in total. The molecule has 0 aliphatic carbocycles. The molecule has 0 saturated carbocycles. The molecule has 0 amide bonds. The van der Waals surface area contributed by atoms with Crippen molar-refractivity contribution in [2.24, 2.45) is 17.8 Å². The van der Waals surface area contributed by atoms with E-state index in [-0.39, 0.29) is 31.1 Å². The molecule has 1 aromatic rings. The van der Waals surface area contributed by atoms with E-state index in [1.165, 1.54) is 0 Å². The molecule has 1 rings (SSSR count). The highest BCUT2D eigenvalue weighted by Crippen LogP contribution is 2.25. The van der Waals surface area contributed by atoms with E-state index in [1.54, 1.807) is 13.8 Å². The van der Waals surface area contributed by atoms with Gasteiger partial charge in [0, 0.05) is 0 Å². The lowest BCUT2D eigenvalue weighted by Crippen LogP contribution is -2.31. The summed E-state index contributed by atoms with van der Waals surface area (Å²) in [5.74, 6) is -2.31. The summed E-state index contributed by atoms with van der Waals surface area (Å²) in [5.41, 5.74) is 0.392. The molecule has 0 heterocycles. The lowest BCUT2D eigenvalue weighted by Gasteiger charge is -2.24. The number of rotatable bonds is 13. The second kappa shape index (κ2) is 13.9. The quantitative estimate of drug-likeness (QED) is 0.226. The number of esters is 3. The van der Waals surface area contributed by atoms with Crippen LogP contribution in [0.25, 0.3) is 0 Å². The SMILES string of the molecule is CCOC(=O)C(CCCCC(CC)C(=O)OC(C)(C)C)C(C)C(=O)OCc1ccccc1. The van der Waals surface area contributed by atoms with Gasteiger partial charge in [-0.1, -0.05) is 57.0 Å². The van der Waals surface area contributed by atoms with Gasteiger partial charge in [0.1, 0.15) is 12.2 Å². The number of carbonyl (C=O) groups excluding carboxylic acids is 3. The Balaban J connectivity index is 2.61. The van der Waals surface area contributed by atoms with Crippen LogP contribution in [0.1, 0.15) is 79.2 Å². The van der Waals surface area contributed by atoms with Crippen molar-refractivity contribution in [1.82, 2.24) is 0 Å². The molecule has 6 nitrogen and oxygen atoms in total. The maximum absolute atomic E-state index is 12.6. The average Bonchev–Trinajstić information content (AvgIpc) is 2.73. The van der Waals surface area contributed by atoms with E-state index in [1.807, 2.05) is 58.0 Å². The number of hydrogen-bond donors (Lipinski definition) is 0. The molecular weight excluding hydrogens is 408 g/mol. The van der Waals surface area contributed by atoms with Crippen molar-refractivity contribution in [3.8, 4) is 0 Å². The maximum atomic E-state index is 12.6. The summed E-state index contributed by atoms with van der Waals surface area (Å²) in [6, 6.07) is 9.44. The third-order valence-corrected chi connectivity index (χ3v) is 5.34. The van der Waals surface area contributed by atoms with E-state index in [4.69, 9.17) is 14.2 Å². The lowest BCUT2D eigenvalue weighted by atomic mass is 9.88. The Morgan fingerprint density at radius 2 is 1.50 bits per heavy atom. The van der Waals surface area contributed by atoms with Crippen molar-refractivity contribution in [2.45, 2.75) is 85.9 Å². The molecule has 0 spiro atoms. The number of ether oxygens (including phenoxy) is 3. The lowest BCUT2D eigenvalue weighted by molar-refractivity contribution is -0.161. The molecule has 0 aromatic heterocycles. The van der Waals surface area contributed by atoms with Gasteiger partial charge in [-0.25, -0.2) is 0 Å². The number of carbonyl (C=O) groups is 3. The minimum atomic E-state index is -0.606. The maximum Gasteiger partial charge on any atom is 0.309 e. The zero-order valence-corrected chi connectivity index (χ0v) is 20.5. The highest BCUT2D eigenvalue weighted by Gasteiger charge is 2.32. The minimum absolute atomic E-state index is 0.163. The van der Waals surface area contributed by atoms with E-state index < -0.39 is 23.4 Å². The van der Waals surface area contributed by atoms with Crippen LogP contribution >= 0.6 is 0 Å². The van der Waals surface area contributed by atoms with Crippen molar-refractivity contribution in [3.05, 3.63) is 35.9 Å². The summed E-state index contributed by atoms with van der Waals surface area (Å²) in [5, 5.41) is 0. The second-order valence-corrected chi connectivity index (χ2v) is 9.16. The first-order valence-corrected chi connectivity index (χ1v) is 11.7. The van der Waals surface area contributed by atoms with Crippen LogP contribution in [-0.2, 0) is 35.2 Å². The summed E-state index contributed by atoms with van der Waals surface area (Å²) in [6.45, 7) is 11.5. The first-order valence-electron chi connectivity index (χ1n) is 11.7. The topological polar surface area (TPSA) is 78.9 Å². The molecule has 0 aliphatic rings. The predicted octanol–water partition coefficient (Wildman–Crippen LogP) is 5.47. The van der Waals surface area contributed by atoms with Gasteiger partial charge in [0.25, 0.3) is 0 Å². The first kappa shape index (κ1) is 27.7. The Labute approximate surface area is 193 Å². The summed E-state index contributed by atoms with van der Waals surface area (Å²) < 4.78 is 16.1. The second-order valence-electron chi connectivity index (χ2n) is 9.16. The standard InChI is InChI=1S/C26H40O6/c1-7-21(24(28)32-26(4,5)6)16-12-13-17-22(25(29)30-8-2)19(3)23(27)31-18-20-14-10-9-11-15-20/h9-11,14-15,19,21-22H,7-8,12-13,16-18H2,1-6H3. The Kier molecular flexibility index (Phi) is 12.0. The Hall–Kier alpha value is -2.37. The summed E-state index contributed by atoms with van der Waals surface area (Å²) in [6.07, 6.45) is 3.37. The van der Waals surface area contributed by atoms with Gasteiger partial charge >= 0.3 is 17.9 Å². The molecule has 0 aliphatic heterocycles. The summed E-state index contributed by atoms with van der Waals surface area (Å²) >= 11 is 0. The van der Waals surface area contributed by atoms with Gasteiger partial charge in [0.15, 0.2) is 0 Å². The zero-order valence-electron chi connectivity index (χ0n) is 20.5. The predicted molar refractivity (Wildman–Crippen MR) is 124 cm³/mol. The fourth-order valence-electron chi connectivity index (χ4n) is 3.47. The fourth-order valence-corrected chi connectivity index (χ4v) is 3.47. The van der Waals surface area contributed by atoms with Crippen molar-refractivity contribution < 1.29 is 28.6 Å². The Morgan fingerprint density at radius 3 is 2.06 bits per heavy atom. The van der Waals surface area contributed by atoms with Crippen LogP contribution in [0, 0.1) is 17.8 Å². The average molecular weight is 449 g/mol. The van der Waals surface area contributed by atoms with E-state index in [2.05, 4.69) is 0 Å². The van der Waals surface area contributed by atoms with Gasteiger partial charge in [-0.3, -0.25) is 14.4 Å². The number of unbranched alkanes of at least 4 members (excludes halogenated alkanes) is 1. The highest BCUT2D eigenvalue weighted by molar-refractivity contribution is 5.81. The van der Waals surface area contributed by atoms with Gasteiger partial charge in [-0.05, 0) is 52.5 Å². The van der Waals surface area contributed by atoms with Crippen LogP contribution in [0.3, 0.4) is 0 Å². The first-order chi connectivity index (χ1) is 15.1. The van der Waals surface area contributed by atoms with Crippen LogP contribution in [0.5, 0.6) is 0 Å². The highest BCUT2D eigenvalue weighted by atomic mass is 16.6. The normalized spacial score (nSPS) is 14.2. The summed E-state index contributed by atoms with van der Waals surface area (Å²) in [7, 11) is 0.